The zero-order chi connectivity index (χ0) is 22.8. The first-order chi connectivity index (χ1) is 16.1. The fourth-order valence-electron chi connectivity index (χ4n) is 3.96. The van der Waals surface area contributed by atoms with Crippen molar-refractivity contribution in [2.45, 2.75) is 13.0 Å². The first kappa shape index (κ1) is 20.9. The Hall–Kier alpha value is -3.97. The minimum absolute atomic E-state index is 0.0531. The zero-order valence-corrected chi connectivity index (χ0v) is 17.6. The molecule has 0 saturated heterocycles. The average Bonchev–Trinajstić information content (AvgIpc) is 3.26. The Bertz CT molecular complexity index is 1400. The van der Waals surface area contributed by atoms with Crippen molar-refractivity contribution in [1.82, 2.24) is 19.7 Å². The number of aliphatic hydroxyl groups is 1. The molecule has 164 valence electrons. The molecule has 2 aromatic carbocycles. The van der Waals surface area contributed by atoms with E-state index in [4.69, 9.17) is 4.98 Å². The Morgan fingerprint density at radius 2 is 1.36 bits per heavy atom. The van der Waals surface area contributed by atoms with Crippen LogP contribution in [0, 0.1) is 11.6 Å². The van der Waals surface area contributed by atoms with Gasteiger partial charge in [0, 0.05) is 53.8 Å². The standard InChI is InChI=1S/C26H20F2N4O/c27-20-6-2-17(3-7-20)23-22-16-32(14-1-15-33)31-26(22)30-25(19-4-8-21(28)9-5-19)24(23)18-10-12-29-13-11-18/h2-13,16,33H,1,14-15H2. The van der Waals surface area contributed by atoms with Gasteiger partial charge in [-0.25, -0.2) is 13.8 Å². The van der Waals surface area contributed by atoms with Crippen molar-refractivity contribution in [2.24, 2.45) is 0 Å². The van der Waals surface area contributed by atoms with E-state index < -0.39 is 0 Å². The number of rotatable bonds is 6. The molecule has 0 saturated carbocycles. The van der Waals surface area contributed by atoms with Crippen LogP contribution in [0.25, 0.3) is 44.5 Å². The number of aliphatic hydroxyl groups excluding tert-OH is 1. The van der Waals surface area contributed by atoms with Crippen LogP contribution in [-0.4, -0.2) is 31.5 Å². The van der Waals surface area contributed by atoms with Crippen LogP contribution >= 0.6 is 0 Å². The molecule has 0 bridgehead atoms. The summed E-state index contributed by atoms with van der Waals surface area (Å²) in [4.78, 5) is 9.01. The van der Waals surface area contributed by atoms with E-state index in [0.29, 0.717) is 24.3 Å². The number of hydrogen-bond acceptors (Lipinski definition) is 4. The minimum Gasteiger partial charge on any atom is -0.396 e. The molecular formula is C26H20F2N4O. The van der Waals surface area contributed by atoms with Crippen molar-refractivity contribution in [3.8, 4) is 33.5 Å². The molecule has 0 amide bonds. The molecule has 1 N–H and O–H groups in total. The van der Waals surface area contributed by atoms with E-state index in [1.807, 2.05) is 18.3 Å². The van der Waals surface area contributed by atoms with Crippen LogP contribution in [0.4, 0.5) is 8.78 Å². The fraction of sp³-hybridized carbons (Fsp3) is 0.115. The van der Waals surface area contributed by atoms with Gasteiger partial charge in [-0.05, 0) is 66.1 Å². The van der Waals surface area contributed by atoms with Crippen LogP contribution < -0.4 is 0 Å². The zero-order valence-electron chi connectivity index (χ0n) is 17.6. The van der Waals surface area contributed by atoms with Crippen LogP contribution in [0.1, 0.15) is 6.42 Å². The highest BCUT2D eigenvalue weighted by molar-refractivity contribution is 6.05. The van der Waals surface area contributed by atoms with Crippen molar-refractivity contribution in [2.75, 3.05) is 6.61 Å². The van der Waals surface area contributed by atoms with Crippen molar-refractivity contribution in [1.29, 1.82) is 0 Å². The lowest BCUT2D eigenvalue weighted by molar-refractivity contribution is 0.277. The Morgan fingerprint density at radius 1 is 0.758 bits per heavy atom. The van der Waals surface area contributed by atoms with Gasteiger partial charge in [0.1, 0.15) is 11.6 Å². The number of fused-ring (bicyclic) bond motifs is 1. The largest absolute Gasteiger partial charge is 0.396 e. The van der Waals surface area contributed by atoms with Gasteiger partial charge in [-0.2, -0.15) is 5.10 Å². The molecule has 3 aromatic heterocycles. The van der Waals surface area contributed by atoms with Crippen LogP contribution in [-0.2, 0) is 6.54 Å². The summed E-state index contributed by atoms with van der Waals surface area (Å²) in [6.45, 7) is 0.587. The molecule has 33 heavy (non-hydrogen) atoms. The van der Waals surface area contributed by atoms with Gasteiger partial charge in [-0.1, -0.05) is 12.1 Å². The second-order valence-electron chi connectivity index (χ2n) is 7.67. The maximum atomic E-state index is 13.8. The lowest BCUT2D eigenvalue weighted by atomic mass is 9.90. The lowest BCUT2D eigenvalue weighted by Crippen LogP contribution is -2.00. The lowest BCUT2D eigenvalue weighted by Gasteiger charge is -2.16. The normalized spacial score (nSPS) is 11.2. The maximum absolute atomic E-state index is 13.8. The first-order valence-corrected chi connectivity index (χ1v) is 10.6. The number of benzene rings is 2. The minimum atomic E-state index is -0.336. The second kappa shape index (κ2) is 8.88. The third-order valence-corrected chi connectivity index (χ3v) is 5.48. The highest BCUT2D eigenvalue weighted by Gasteiger charge is 2.21. The molecular weight excluding hydrogens is 422 g/mol. The topological polar surface area (TPSA) is 63.8 Å². The number of pyridine rings is 2. The Kier molecular flexibility index (Phi) is 5.62. The van der Waals surface area contributed by atoms with Gasteiger partial charge in [-0.15, -0.1) is 0 Å². The molecule has 0 spiro atoms. The van der Waals surface area contributed by atoms with E-state index in [2.05, 4.69) is 10.1 Å². The van der Waals surface area contributed by atoms with E-state index in [9.17, 15) is 13.9 Å². The molecule has 5 aromatic rings. The Labute approximate surface area is 189 Å². The van der Waals surface area contributed by atoms with Gasteiger partial charge in [0.25, 0.3) is 0 Å². The number of aromatic nitrogens is 4. The summed E-state index contributed by atoms with van der Waals surface area (Å²) in [6.07, 6.45) is 5.86. The van der Waals surface area contributed by atoms with Gasteiger partial charge in [0.05, 0.1) is 5.69 Å². The summed E-state index contributed by atoms with van der Waals surface area (Å²) in [6, 6.07) is 16.2. The molecule has 0 aliphatic rings. The van der Waals surface area contributed by atoms with Crippen molar-refractivity contribution < 1.29 is 13.9 Å². The molecule has 0 atom stereocenters. The quantitative estimate of drug-likeness (QED) is 0.378. The monoisotopic (exact) mass is 442 g/mol. The first-order valence-electron chi connectivity index (χ1n) is 10.6. The van der Waals surface area contributed by atoms with Gasteiger partial charge >= 0.3 is 0 Å². The molecule has 0 fully saturated rings. The molecule has 0 radical (unpaired) electrons. The van der Waals surface area contributed by atoms with Crippen molar-refractivity contribution >= 4 is 11.0 Å². The number of aryl methyl sites for hydroxylation is 1. The Morgan fingerprint density at radius 3 is 2.00 bits per heavy atom. The number of nitrogens with zero attached hydrogens (tertiary/aromatic N) is 4. The van der Waals surface area contributed by atoms with Crippen molar-refractivity contribution in [3.63, 3.8) is 0 Å². The Balaban J connectivity index is 1.88. The van der Waals surface area contributed by atoms with Crippen LogP contribution in [0.3, 0.4) is 0 Å². The van der Waals surface area contributed by atoms with E-state index in [0.717, 1.165) is 33.2 Å². The van der Waals surface area contributed by atoms with E-state index in [1.54, 1.807) is 41.3 Å². The van der Waals surface area contributed by atoms with Crippen LogP contribution in [0.5, 0.6) is 0 Å². The molecule has 5 nitrogen and oxygen atoms in total. The van der Waals surface area contributed by atoms with Crippen LogP contribution in [0.2, 0.25) is 0 Å². The summed E-state index contributed by atoms with van der Waals surface area (Å²) in [5, 5.41) is 14.7. The summed E-state index contributed by atoms with van der Waals surface area (Å²) in [5.74, 6) is -0.663. The maximum Gasteiger partial charge on any atom is 0.182 e. The SMILES string of the molecule is OCCCn1cc2c(-c3ccc(F)cc3)c(-c3ccncc3)c(-c3ccc(F)cc3)nc2n1. The molecule has 3 heterocycles. The second-order valence-corrected chi connectivity index (χ2v) is 7.67. The molecule has 7 heteroatoms. The van der Waals surface area contributed by atoms with Gasteiger partial charge in [-0.3, -0.25) is 9.67 Å². The summed E-state index contributed by atoms with van der Waals surface area (Å²) in [7, 11) is 0. The van der Waals surface area contributed by atoms with Gasteiger partial charge in [0.2, 0.25) is 0 Å². The smallest absolute Gasteiger partial charge is 0.182 e. The van der Waals surface area contributed by atoms with E-state index >= 15 is 0 Å². The van der Waals surface area contributed by atoms with E-state index in [-0.39, 0.29) is 18.2 Å². The third-order valence-electron chi connectivity index (χ3n) is 5.48. The summed E-state index contributed by atoms with van der Waals surface area (Å²) < 4.78 is 29.2. The average molecular weight is 442 g/mol. The molecule has 0 unspecified atom stereocenters. The highest BCUT2D eigenvalue weighted by Crippen LogP contribution is 2.42. The van der Waals surface area contributed by atoms with Crippen molar-refractivity contribution in [3.05, 3.63) is 90.9 Å². The van der Waals surface area contributed by atoms with Gasteiger partial charge in [0.15, 0.2) is 5.65 Å². The van der Waals surface area contributed by atoms with Gasteiger partial charge < -0.3 is 5.11 Å². The summed E-state index contributed by atoms with van der Waals surface area (Å²) >= 11 is 0. The fourth-order valence-corrected chi connectivity index (χ4v) is 3.96. The summed E-state index contributed by atoms with van der Waals surface area (Å²) in [5.41, 5.74) is 5.25. The predicted octanol–water partition coefficient (Wildman–Crippen LogP) is 5.49. The molecule has 5 rings (SSSR count). The van der Waals surface area contributed by atoms with E-state index in [1.165, 1.54) is 24.3 Å². The van der Waals surface area contributed by atoms with Crippen LogP contribution in [0.15, 0.2) is 79.3 Å². The third kappa shape index (κ3) is 4.10. The predicted molar refractivity (Wildman–Crippen MR) is 123 cm³/mol. The molecule has 0 aliphatic carbocycles. The molecule has 0 aliphatic heterocycles. The number of halogens is 2. The number of hydrogen-bond donors (Lipinski definition) is 1. The highest BCUT2D eigenvalue weighted by atomic mass is 19.1.